The topological polar surface area (TPSA) is 54.5 Å². The highest BCUT2D eigenvalue weighted by atomic mass is 16.6. The number of ether oxygens (including phenoxy) is 1. The molecule has 0 radical (unpaired) electrons. The first kappa shape index (κ1) is 16.2. The van der Waals surface area contributed by atoms with Gasteiger partial charge in [0.05, 0.1) is 0 Å². The Morgan fingerprint density at radius 1 is 1.39 bits per heavy atom. The monoisotopic (exact) mass is 317 g/mol. The number of alkyl carbamates (subject to hydrolysis) is 1. The van der Waals surface area contributed by atoms with E-state index in [9.17, 15) is 4.79 Å². The molecule has 0 bridgehead atoms. The van der Waals surface area contributed by atoms with Crippen molar-refractivity contribution in [1.29, 1.82) is 0 Å². The van der Waals surface area contributed by atoms with Crippen LogP contribution in [-0.4, -0.2) is 40.7 Å². The van der Waals surface area contributed by atoms with Gasteiger partial charge in [0.1, 0.15) is 5.60 Å². The van der Waals surface area contributed by atoms with Crippen molar-refractivity contribution in [3.05, 3.63) is 30.1 Å². The second-order valence-electron chi connectivity index (χ2n) is 7.81. The van der Waals surface area contributed by atoms with Crippen LogP contribution in [0.5, 0.6) is 0 Å². The summed E-state index contributed by atoms with van der Waals surface area (Å²) in [5, 5.41) is 3.09. The number of rotatable bonds is 3. The molecule has 5 nitrogen and oxygen atoms in total. The Bertz CT molecular complexity index is 541. The number of fused-ring (bicyclic) bond motifs is 1. The number of carbonyl (C=O) groups excluding carboxylic acids is 1. The van der Waals surface area contributed by atoms with Gasteiger partial charge in [-0.3, -0.25) is 9.88 Å². The van der Waals surface area contributed by atoms with Gasteiger partial charge >= 0.3 is 6.09 Å². The summed E-state index contributed by atoms with van der Waals surface area (Å²) in [5.74, 6) is 1.23. The zero-order valence-corrected chi connectivity index (χ0v) is 14.3. The maximum absolute atomic E-state index is 12.0. The Morgan fingerprint density at radius 2 is 2.22 bits per heavy atom. The van der Waals surface area contributed by atoms with Gasteiger partial charge in [0.25, 0.3) is 0 Å². The fourth-order valence-corrected chi connectivity index (χ4v) is 3.87. The van der Waals surface area contributed by atoms with Crippen molar-refractivity contribution in [2.45, 2.75) is 51.8 Å². The van der Waals surface area contributed by atoms with Crippen LogP contribution in [0.15, 0.2) is 24.5 Å². The first-order valence-corrected chi connectivity index (χ1v) is 8.51. The van der Waals surface area contributed by atoms with Crippen molar-refractivity contribution < 1.29 is 9.53 Å². The molecule has 2 fully saturated rings. The molecule has 1 saturated carbocycles. The summed E-state index contributed by atoms with van der Waals surface area (Å²) in [6.45, 7) is 8.80. The quantitative estimate of drug-likeness (QED) is 0.931. The number of amides is 1. The van der Waals surface area contributed by atoms with Crippen molar-refractivity contribution >= 4 is 6.09 Å². The minimum absolute atomic E-state index is 0.244. The van der Waals surface area contributed by atoms with E-state index in [1.54, 1.807) is 0 Å². The molecule has 2 aliphatic rings. The van der Waals surface area contributed by atoms with Crippen molar-refractivity contribution in [1.82, 2.24) is 15.2 Å². The Hall–Kier alpha value is -1.62. The molecule has 3 atom stereocenters. The maximum atomic E-state index is 12.0. The fourth-order valence-electron chi connectivity index (χ4n) is 3.87. The van der Waals surface area contributed by atoms with Crippen molar-refractivity contribution in [3.8, 4) is 0 Å². The number of nitrogens with one attached hydrogen (secondary N) is 1. The highest BCUT2D eigenvalue weighted by Gasteiger charge is 2.43. The lowest BCUT2D eigenvalue weighted by atomic mass is 9.98. The van der Waals surface area contributed by atoms with E-state index in [0.717, 1.165) is 26.1 Å². The summed E-state index contributed by atoms with van der Waals surface area (Å²) in [6.07, 6.45) is 5.71. The van der Waals surface area contributed by atoms with Gasteiger partial charge in [-0.25, -0.2) is 4.79 Å². The predicted molar refractivity (Wildman–Crippen MR) is 88.9 cm³/mol. The molecule has 1 aromatic heterocycles. The summed E-state index contributed by atoms with van der Waals surface area (Å²) in [7, 11) is 0. The van der Waals surface area contributed by atoms with Crippen LogP contribution in [0.1, 0.15) is 39.2 Å². The maximum Gasteiger partial charge on any atom is 0.407 e. The molecule has 1 aliphatic carbocycles. The van der Waals surface area contributed by atoms with E-state index in [0.29, 0.717) is 11.8 Å². The Morgan fingerprint density at radius 3 is 2.91 bits per heavy atom. The van der Waals surface area contributed by atoms with Crippen LogP contribution in [-0.2, 0) is 11.3 Å². The van der Waals surface area contributed by atoms with Crippen LogP contribution in [0.4, 0.5) is 4.79 Å². The van der Waals surface area contributed by atoms with E-state index in [1.807, 2.05) is 39.2 Å². The third-order valence-corrected chi connectivity index (χ3v) is 4.76. The number of aromatic nitrogens is 1. The molecule has 3 rings (SSSR count). The Labute approximate surface area is 138 Å². The lowest BCUT2D eigenvalue weighted by Gasteiger charge is -2.25. The highest BCUT2D eigenvalue weighted by Crippen LogP contribution is 2.38. The lowest BCUT2D eigenvalue weighted by molar-refractivity contribution is 0.0491. The van der Waals surface area contributed by atoms with Crippen LogP contribution in [0.25, 0.3) is 0 Å². The van der Waals surface area contributed by atoms with E-state index in [1.165, 1.54) is 12.0 Å². The molecular formula is C18H27N3O2. The summed E-state index contributed by atoms with van der Waals surface area (Å²) in [6, 6.07) is 4.35. The van der Waals surface area contributed by atoms with Gasteiger partial charge in [-0.05, 0) is 57.1 Å². The first-order valence-electron chi connectivity index (χ1n) is 8.51. The molecule has 2 heterocycles. The normalized spacial score (nSPS) is 27.7. The number of pyridine rings is 1. The lowest BCUT2D eigenvalue weighted by Crippen LogP contribution is -2.42. The van der Waals surface area contributed by atoms with Gasteiger partial charge in [0.15, 0.2) is 0 Å². The molecule has 1 aromatic rings. The predicted octanol–water partition coefficient (Wildman–Crippen LogP) is 2.82. The van der Waals surface area contributed by atoms with Gasteiger partial charge in [-0.1, -0.05) is 6.07 Å². The number of likely N-dealkylation sites (tertiary alicyclic amines) is 1. The number of hydrogen-bond donors (Lipinski definition) is 1. The average Bonchev–Trinajstić information content (AvgIpc) is 3.00. The van der Waals surface area contributed by atoms with Gasteiger partial charge < -0.3 is 10.1 Å². The third-order valence-electron chi connectivity index (χ3n) is 4.76. The molecule has 1 N–H and O–H groups in total. The van der Waals surface area contributed by atoms with Gasteiger partial charge in [0.2, 0.25) is 0 Å². The fraction of sp³-hybridized carbons (Fsp3) is 0.667. The van der Waals surface area contributed by atoms with Gasteiger partial charge in [-0.15, -0.1) is 0 Å². The third kappa shape index (κ3) is 4.22. The molecule has 5 heteroatoms. The molecule has 1 amide bonds. The summed E-state index contributed by atoms with van der Waals surface area (Å²) in [4.78, 5) is 18.7. The van der Waals surface area contributed by atoms with E-state index >= 15 is 0 Å². The van der Waals surface area contributed by atoms with Gasteiger partial charge in [0, 0.05) is 38.1 Å². The molecule has 0 aromatic carbocycles. The smallest absolute Gasteiger partial charge is 0.407 e. The van der Waals surface area contributed by atoms with Gasteiger partial charge in [-0.2, -0.15) is 0 Å². The first-order chi connectivity index (χ1) is 10.9. The standard InChI is InChI=1S/C18H27N3O2/c1-18(2,3)23-17(22)20-16-7-6-14-11-21(12-15(14)16)10-13-5-4-8-19-9-13/h4-5,8-9,14-16H,6-7,10-12H2,1-3H3,(H,20,22)/t14-,15+,16-/m1/s1. The highest BCUT2D eigenvalue weighted by molar-refractivity contribution is 5.68. The second kappa shape index (κ2) is 6.48. The Balaban J connectivity index is 1.53. The van der Waals surface area contributed by atoms with Crippen LogP contribution >= 0.6 is 0 Å². The van der Waals surface area contributed by atoms with Crippen LogP contribution < -0.4 is 5.32 Å². The average molecular weight is 317 g/mol. The van der Waals surface area contributed by atoms with Crippen LogP contribution in [0.2, 0.25) is 0 Å². The molecule has 126 valence electrons. The van der Waals surface area contributed by atoms with E-state index < -0.39 is 5.60 Å². The van der Waals surface area contributed by atoms with Crippen molar-refractivity contribution in [2.24, 2.45) is 11.8 Å². The minimum atomic E-state index is -0.440. The zero-order valence-electron chi connectivity index (χ0n) is 14.3. The van der Waals surface area contributed by atoms with Crippen LogP contribution in [0.3, 0.4) is 0 Å². The van der Waals surface area contributed by atoms with E-state index in [2.05, 4.69) is 21.3 Å². The van der Waals surface area contributed by atoms with Crippen molar-refractivity contribution in [3.63, 3.8) is 0 Å². The summed E-state index contributed by atoms with van der Waals surface area (Å²) < 4.78 is 5.40. The zero-order chi connectivity index (χ0) is 16.4. The van der Waals surface area contributed by atoms with E-state index in [4.69, 9.17) is 4.74 Å². The summed E-state index contributed by atoms with van der Waals surface area (Å²) in [5.41, 5.74) is 0.813. The number of carbonyl (C=O) groups is 1. The summed E-state index contributed by atoms with van der Waals surface area (Å²) >= 11 is 0. The minimum Gasteiger partial charge on any atom is -0.444 e. The molecular weight excluding hydrogens is 290 g/mol. The molecule has 1 aliphatic heterocycles. The second-order valence-corrected chi connectivity index (χ2v) is 7.81. The molecule has 0 spiro atoms. The van der Waals surface area contributed by atoms with E-state index in [-0.39, 0.29) is 12.1 Å². The number of nitrogens with zero attached hydrogens (tertiary/aromatic N) is 2. The molecule has 1 saturated heterocycles. The van der Waals surface area contributed by atoms with Crippen LogP contribution in [0, 0.1) is 11.8 Å². The Kier molecular flexibility index (Phi) is 4.57. The molecule has 0 unspecified atom stereocenters. The largest absolute Gasteiger partial charge is 0.444 e. The molecule has 23 heavy (non-hydrogen) atoms. The van der Waals surface area contributed by atoms with Crippen molar-refractivity contribution in [2.75, 3.05) is 13.1 Å². The number of hydrogen-bond acceptors (Lipinski definition) is 4. The SMILES string of the molecule is CC(C)(C)OC(=O)N[C@@H]1CC[C@@H]2CN(Cc3cccnc3)C[C@@H]21.